The fourth-order valence-corrected chi connectivity index (χ4v) is 2.60. The van der Waals surface area contributed by atoms with Crippen LogP contribution in [0.1, 0.15) is 43.7 Å². The molecule has 1 fully saturated rings. The molecule has 1 aliphatic carbocycles. The van der Waals surface area contributed by atoms with Crippen molar-refractivity contribution in [2.75, 3.05) is 12.0 Å². The Kier molecular flexibility index (Phi) is 3.46. The summed E-state index contributed by atoms with van der Waals surface area (Å²) < 4.78 is 0. The highest BCUT2D eigenvalue weighted by Gasteiger charge is 2.17. The van der Waals surface area contributed by atoms with Crippen LogP contribution in [0, 0.1) is 0 Å². The van der Waals surface area contributed by atoms with E-state index in [9.17, 15) is 0 Å². The van der Waals surface area contributed by atoms with Gasteiger partial charge in [-0.15, -0.1) is 11.8 Å². The Balaban J connectivity index is 2.22. The Morgan fingerprint density at radius 2 is 2.00 bits per heavy atom. The quantitative estimate of drug-likeness (QED) is 0.618. The monoisotopic (exact) mass is 223 g/mol. The Morgan fingerprint density at radius 3 is 2.67 bits per heavy atom. The summed E-state index contributed by atoms with van der Waals surface area (Å²) in [5.41, 5.74) is 6.85. The van der Waals surface area contributed by atoms with E-state index in [0.29, 0.717) is 11.9 Å². The first-order chi connectivity index (χ1) is 7.29. The summed E-state index contributed by atoms with van der Waals surface area (Å²) in [6.07, 6.45) is 8.54. The zero-order chi connectivity index (χ0) is 10.7. The maximum Gasteiger partial charge on any atom is 0.221 e. The van der Waals surface area contributed by atoms with Crippen LogP contribution in [0.5, 0.6) is 0 Å². The fraction of sp³-hybridized carbons (Fsp3) is 0.636. The summed E-state index contributed by atoms with van der Waals surface area (Å²) in [5, 5.41) is 0.989. The molecule has 4 heteroatoms. The summed E-state index contributed by atoms with van der Waals surface area (Å²) in [4.78, 5) is 8.54. The van der Waals surface area contributed by atoms with E-state index in [-0.39, 0.29) is 0 Å². The molecule has 1 aromatic rings. The summed E-state index contributed by atoms with van der Waals surface area (Å²) in [7, 11) is 0. The minimum atomic E-state index is 0.419. The molecule has 1 heterocycles. The van der Waals surface area contributed by atoms with Gasteiger partial charge >= 0.3 is 0 Å². The van der Waals surface area contributed by atoms with Crippen molar-refractivity contribution in [1.29, 1.82) is 0 Å². The smallest absolute Gasteiger partial charge is 0.221 e. The first-order valence-electron chi connectivity index (χ1n) is 5.48. The van der Waals surface area contributed by atoms with Crippen LogP contribution in [0.4, 0.5) is 5.95 Å². The molecular weight excluding hydrogens is 206 g/mol. The van der Waals surface area contributed by atoms with Gasteiger partial charge in [0.2, 0.25) is 5.95 Å². The number of nitrogens with two attached hydrogens (primary N) is 1. The van der Waals surface area contributed by atoms with Crippen LogP contribution in [-0.4, -0.2) is 16.2 Å². The SMILES string of the molecule is CSc1cc(C2CCCCC2)nc(N)n1. The fourth-order valence-electron chi connectivity index (χ4n) is 2.17. The van der Waals surface area contributed by atoms with Crippen molar-refractivity contribution in [2.24, 2.45) is 0 Å². The van der Waals surface area contributed by atoms with Gasteiger partial charge < -0.3 is 5.73 Å². The van der Waals surface area contributed by atoms with Crippen molar-refractivity contribution >= 4 is 17.7 Å². The average molecular weight is 223 g/mol. The van der Waals surface area contributed by atoms with Gasteiger partial charge in [-0.1, -0.05) is 19.3 Å². The second-order valence-corrected chi connectivity index (χ2v) is 4.85. The van der Waals surface area contributed by atoms with Crippen molar-refractivity contribution in [3.63, 3.8) is 0 Å². The molecular formula is C11H17N3S. The molecule has 15 heavy (non-hydrogen) atoms. The van der Waals surface area contributed by atoms with Gasteiger partial charge in [0.15, 0.2) is 0 Å². The van der Waals surface area contributed by atoms with Crippen LogP contribution >= 0.6 is 11.8 Å². The Labute approximate surface area is 94.9 Å². The lowest BCUT2D eigenvalue weighted by Crippen LogP contribution is -2.09. The molecule has 3 nitrogen and oxygen atoms in total. The number of hydrogen-bond donors (Lipinski definition) is 1. The van der Waals surface area contributed by atoms with Gasteiger partial charge in [-0.2, -0.15) is 0 Å². The summed E-state index contributed by atoms with van der Waals surface area (Å²) in [6.45, 7) is 0. The molecule has 0 spiro atoms. The molecule has 0 amide bonds. The van der Waals surface area contributed by atoms with Crippen LogP contribution in [-0.2, 0) is 0 Å². The third kappa shape index (κ3) is 2.62. The molecule has 2 rings (SSSR count). The van der Waals surface area contributed by atoms with Gasteiger partial charge in [-0.3, -0.25) is 0 Å². The van der Waals surface area contributed by atoms with E-state index >= 15 is 0 Å². The van der Waals surface area contributed by atoms with Gasteiger partial charge in [0, 0.05) is 5.92 Å². The summed E-state index contributed by atoms with van der Waals surface area (Å²) in [5.74, 6) is 1.03. The van der Waals surface area contributed by atoms with Crippen molar-refractivity contribution in [3.8, 4) is 0 Å². The van der Waals surface area contributed by atoms with Crippen molar-refractivity contribution < 1.29 is 0 Å². The standard InChI is InChI=1S/C11H17N3S/c1-15-10-7-9(13-11(12)14-10)8-5-3-2-4-6-8/h7-8H,2-6H2,1H3,(H2,12,13,14). The van der Waals surface area contributed by atoms with Gasteiger partial charge in [0.05, 0.1) is 5.69 Å². The minimum Gasteiger partial charge on any atom is -0.368 e. The highest BCUT2D eigenvalue weighted by atomic mass is 32.2. The number of thioether (sulfide) groups is 1. The summed E-state index contributed by atoms with van der Waals surface area (Å²) >= 11 is 1.63. The van der Waals surface area contributed by atoms with Crippen molar-refractivity contribution in [3.05, 3.63) is 11.8 Å². The van der Waals surface area contributed by atoms with Gasteiger partial charge in [0.25, 0.3) is 0 Å². The van der Waals surface area contributed by atoms with Gasteiger partial charge in [-0.25, -0.2) is 9.97 Å². The highest BCUT2D eigenvalue weighted by molar-refractivity contribution is 7.98. The van der Waals surface area contributed by atoms with Crippen molar-refractivity contribution in [2.45, 2.75) is 43.0 Å². The Bertz CT molecular complexity index is 335. The van der Waals surface area contributed by atoms with Gasteiger partial charge in [0.1, 0.15) is 5.03 Å². The molecule has 0 bridgehead atoms. The maximum atomic E-state index is 5.71. The highest BCUT2D eigenvalue weighted by Crippen LogP contribution is 2.32. The number of nitrogen functional groups attached to an aromatic ring is 1. The lowest BCUT2D eigenvalue weighted by atomic mass is 9.87. The molecule has 0 radical (unpaired) electrons. The van der Waals surface area contributed by atoms with Crippen molar-refractivity contribution in [1.82, 2.24) is 9.97 Å². The first-order valence-corrected chi connectivity index (χ1v) is 6.70. The zero-order valence-electron chi connectivity index (χ0n) is 9.07. The number of hydrogen-bond acceptors (Lipinski definition) is 4. The molecule has 82 valence electrons. The first kappa shape index (κ1) is 10.7. The number of nitrogens with zero attached hydrogens (tertiary/aromatic N) is 2. The van der Waals surface area contributed by atoms with Crippen LogP contribution in [0.25, 0.3) is 0 Å². The van der Waals surface area contributed by atoms with Crippen LogP contribution in [0.2, 0.25) is 0 Å². The zero-order valence-corrected chi connectivity index (χ0v) is 9.89. The van der Waals surface area contributed by atoms with E-state index in [1.807, 2.05) is 6.26 Å². The Morgan fingerprint density at radius 1 is 1.27 bits per heavy atom. The third-order valence-electron chi connectivity index (χ3n) is 2.97. The molecule has 1 aliphatic rings. The average Bonchev–Trinajstić information content (AvgIpc) is 2.29. The predicted octanol–water partition coefficient (Wildman–Crippen LogP) is 2.83. The second-order valence-electron chi connectivity index (χ2n) is 4.03. The maximum absolute atomic E-state index is 5.71. The van der Waals surface area contributed by atoms with E-state index in [1.165, 1.54) is 32.1 Å². The van der Waals surface area contributed by atoms with E-state index in [4.69, 9.17) is 5.73 Å². The number of rotatable bonds is 2. The lowest BCUT2D eigenvalue weighted by Gasteiger charge is -2.21. The number of anilines is 1. The normalized spacial score (nSPS) is 17.9. The van der Waals surface area contributed by atoms with Gasteiger partial charge in [-0.05, 0) is 25.2 Å². The molecule has 0 aliphatic heterocycles. The van der Waals surface area contributed by atoms with E-state index in [2.05, 4.69) is 16.0 Å². The molecule has 0 atom stereocenters. The predicted molar refractivity (Wildman–Crippen MR) is 64.1 cm³/mol. The largest absolute Gasteiger partial charge is 0.368 e. The van der Waals surface area contributed by atoms with E-state index < -0.39 is 0 Å². The topological polar surface area (TPSA) is 51.8 Å². The van der Waals surface area contributed by atoms with Crippen LogP contribution in [0.15, 0.2) is 11.1 Å². The molecule has 2 N–H and O–H groups in total. The van der Waals surface area contributed by atoms with E-state index in [1.54, 1.807) is 11.8 Å². The lowest BCUT2D eigenvalue weighted by molar-refractivity contribution is 0.436. The molecule has 1 aromatic heterocycles. The van der Waals surface area contributed by atoms with Crippen LogP contribution < -0.4 is 5.73 Å². The minimum absolute atomic E-state index is 0.419. The molecule has 0 saturated heterocycles. The molecule has 0 aromatic carbocycles. The summed E-state index contributed by atoms with van der Waals surface area (Å²) in [6, 6.07) is 2.09. The third-order valence-corrected chi connectivity index (χ3v) is 3.60. The second kappa shape index (κ2) is 4.84. The van der Waals surface area contributed by atoms with E-state index in [0.717, 1.165) is 10.7 Å². The number of aromatic nitrogens is 2. The Hall–Kier alpha value is -0.770. The molecule has 0 unspecified atom stereocenters. The van der Waals surface area contributed by atoms with Crippen LogP contribution in [0.3, 0.4) is 0 Å². The molecule has 1 saturated carbocycles.